The molecule has 1 unspecified atom stereocenters. The van der Waals surface area contributed by atoms with Gasteiger partial charge < -0.3 is 15.0 Å². The van der Waals surface area contributed by atoms with Crippen molar-refractivity contribution in [3.05, 3.63) is 54.1 Å². The van der Waals surface area contributed by atoms with Crippen molar-refractivity contribution in [1.29, 1.82) is 0 Å². The molecule has 0 bridgehead atoms. The smallest absolute Gasteiger partial charge is 0.255 e. The number of nitrogens with zero attached hydrogens (tertiary/aromatic N) is 1. The van der Waals surface area contributed by atoms with Gasteiger partial charge in [-0.05, 0) is 55.3 Å². The number of rotatable bonds is 6. The Morgan fingerprint density at radius 3 is 2.56 bits per heavy atom. The van der Waals surface area contributed by atoms with E-state index in [1.165, 1.54) is 12.1 Å². The molecule has 27 heavy (non-hydrogen) atoms. The molecular weight excluding hydrogens is 364 g/mol. The summed E-state index contributed by atoms with van der Waals surface area (Å²) in [4.78, 5) is 14.6. The second-order valence-electron chi connectivity index (χ2n) is 6.84. The van der Waals surface area contributed by atoms with Crippen molar-refractivity contribution >= 4 is 27.1 Å². The predicted octanol–water partition coefficient (Wildman–Crippen LogP) is 2.96. The molecule has 0 saturated carbocycles. The molecule has 1 amide bonds. The van der Waals surface area contributed by atoms with E-state index in [4.69, 9.17) is 4.74 Å². The predicted molar refractivity (Wildman–Crippen MR) is 106 cm³/mol. The number of sulfone groups is 1. The molecule has 3 rings (SSSR count). The van der Waals surface area contributed by atoms with Gasteiger partial charge in [-0.25, -0.2) is 8.42 Å². The van der Waals surface area contributed by atoms with E-state index in [1.54, 1.807) is 24.3 Å². The highest BCUT2D eigenvalue weighted by Crippen LogP contribution is 2.21. The second kappa shape index (κ2) is 8.10. The molecule has 1 saturated heterocycles. The summed E-state index contributed by atoms with van der Waals surface area (Å²) >= 11 is 0. The minimum absolute atomic E-state index is 0.00394. The van der Waals surface area contributed by atoms with Gasteiger partial charge in [0.05, 0.1) is 16.8 Å². The first-order valence-corrected chi connectivity index (χ1v) is 10.5. The van der Waals surface area contributed by atoms with Gasteiger partial charge in [-0.1, -0.05) is 6.07 Å². The Morgan fingerprint density at radius 1 is 1.19 bits per heavy atom. The first-order chi connectivity index (χ1) is 12.8. The zero-order valence-electron chi connectivity index (χ0n) is 15.5. The molecule has 7 heteroatoms. The number of carbonyl (C=O) groups excluding carboxylic acids is 1. The van der Waals surface area contributed by atoms with Crippen LogP contribution >= 0.6 is 0 Å². The van der Waals surface area contributed by atoms with Gasteiger partial charge in [0.15, 0.2) is 9.84 Å². The van der Waals surface area contributed by atoms with Crippen LogP contribution in [0.15, 0.2) is 53.4 Å². The highest BCUT2D eigenvalue weighted by Gasteiger charge is 2.24. The van der Waals surface area contributed by atoms with Gasteiger partial charge in [0.25, 0.3) is 5.91 Å². The molecule has 1 atom stereocenters. The van der Waals surface area contributed by atoms with Gasteiger partial charge in [-0.3, -0.25) is 4.79 Å². The van der Waals surface area contributed by atoms with Crippen LogP contribution in [-0.2, 0) is 14.6 Å². The summed E-state index contributed by atoms with van der Waals surface area (Å²) in [5.74, 6) is -0.246. The molecule has 1 aliphatic heterocycles. The van der Waals surface area contributed by atoms with Crippen LogP contribution in [0.3, 0.4) is 0 Å². The highest BCUT2D eigenvalue weighted by atomic mass is 32.2. The van der Waals surface area contributed by atoms with E-state index in [-0.39, 0.29) is 22.7 Å². The van der Waals surface area contributed by atoms with Gasteiger partial charge in [0, 0.05) is 37.6 Å². The van der Waals surface area contributed by atoms with E-state index in [9.17, 15) is 13.2 Å². The second-order valence-corrected chi connectivity index (χ2v) is 8.87. The lowest BCUT2D eigenvalue weighted by atomic mass is 10.1. The number of amides is 1. The third-order valence-electron chi connectivity index (χ3n) is 4.53. The highest BCUT2D eigenvalue weighted by molar-refractivity contribution is 7.91. The van der Waals surface area contributed by atoms with Crippen molar-refractivity contribution in [2.45, 2.75) is 23.8 Å². The Hall–Kier alpha value is -2.38. The van der Waals surface area contributed by atoms with E-state index in [1.807, 2.05) is 31.1 Å². The topological polar surface area (TPSA) is 75.7 Å². The van der Waals surface area contributed by atoms with Gasteiger partial charge in [-0.15, -0.1) is 0 Å². The summed E-state index contributed by atoms with van der Waals surface area (Å²) in [6, 6.07) is 13.5. The molecule has 0 radical (unpaired) electrons. The summed E-state index contributed by atoms with van der Waals surface area (Å²) in [6.45, 7) is 0.625. The number of hydrogen-bond donors (Lipinski definition) is 1. The maximum absolute atomic E-state index is 12.5. The van der Waals surface area contributed by atoms with Crippen molar-refractivity contribution in [2.75, 3.05) is 36.7 Å². The summed E-state index contributed by atoms with van der Waals surface area (Å²) in [5, 5.41) is 2.80. The third kappa shape index (κ3) is 4.87. The molecule has 0 aliphatic carbocycles. The zero-order chi connectivity index (χ0) is 19.4. The summed E-state index contributed by atoms with van der Waals surface area (Å²) in [7, 11) is 0.420. The lowest BCUT2D eigenvalue weighted by Crippen LogP contribution is -2.20. The molecule has 2 aromatic carbocycles. The number of carbonyl (C=O) groups is 1. The van der Waals surface area contributed by atoms with Crippen molar-refractivity contribution in [3.8, 4) is 0 Å². The summed E-state index contributed by atoms with van der Waals surface area (Å²) < 4.78 is 30.4. The third-order valence-corrected chi connectivity index (χ3v) is 6.33. The Labute approximate surface area is 160 Å². The van der Waals surface area contributed by atoms with E-state index in [0.717, 1.165) is 18.5 Å². The molecule has 0 aromatic heterocycles. The minimum atomic E-state index is -3.40. The van der Waals surface area contributed by atoms with Crippen LogP contribution in [0.2, 0.25) is 0 Å². The number of benzene rings is 2. The number of hydrogen-bond acceptors (Lipinski definition) is 5. The maximum atomic E-state index is 12.5. The molecule has 2 aromatic rings. The number of ether oxygens (including phenoxy) is 1. The van der Waals surface area contributed by atoms with Crippen molar-refractivity contribution in [1.82, 2.24) is 0 Å². The van der Waals surface area contributed by atoms with E-state index in [0.29, 0.717) is 17.9 Å². The van der Waals surface area contributed by atoms with Crippen LogP contribution < -0.4 is 10.2 Å². The van der Waals surface area contributed by atoms with Gasteiger partial charge in [-0.2, -0.15) is 0 Å². The SMILES string of the molecule is CN(C)c1cccc(C(=O)Nc2ccc(S(=O)(=O)CC3CCCO3)cc2)c1. The number of nitrogens with one attached hydrogen (secondary N) is 1. The largest absolute Gasteiger partial charge is 0.378 e. The van der Waals surface area contributed by atoms with Crippen molar-refractivity contribution in [2.24, 2.45) is 0 Å². The molecule has 1 heterocycles. The molecule has 1 fully saturated rings. The lowest BCUT2D eigenvalue weighted by molar-refractivity contribution is 0.102. The molecule has 144 valence electrons. The van der Waals surface area contributed by atoms with Crippen LogP contribution in [0.1, 0.15) is 23.2 Å². The van der Waals surface area contributed by atoms with Gasteiger partial charge in [0.1, 0.15) is 0 Å². The Bertz CT molecular complexity index is 902. The summed E-state index contributed by atoms with van der Waals surface area (Å²) in [5.41, 5.74) is 2.01. The average molecular weight is 388 g/mol. The van der Waals surface area contributed by atoms with Crippen LogP contribution in [-0.4, -0.2) is 46.9 Å². The van der Waals surface area contributed by atoms with Crippen LogP contribution in [0.5, 0.6) is 0 Å². The fraction of sp³-hybridized carbons (Fsp3) is 0.350. The molecule has 6 nitrogen and oxygen atoms in total. The van der Waals surface area contributed by atoms with E-state index in [2.05, 4.69) is 5.32 Å². The maximum Gasteiger partial charge on any atom is 0.255 e. The zero-order valence-corrected chi connectivity index (χ0v) is 16.3. The first-order valence-electron chi connectivity index (χ1n) is 8.88. The van der Waals surface area contributed by atoms with Crippen molar-refractivity contribution in [3.63, 3.8) is 0 Å². The van der Waals surface area contributed by atoms with Crippen LogP contribution in [0, 0.1) is 0 Å². The standard InChI is InChI=1S/C20H24N2O4S/c1-22(2)17-6-3-5-15(13-17)20(23)21-16-8-10-19(11-9-16)27(24,25)14-18-7-4-12-26-18/h3,5-6,8-11,13,18H,4,7,12,14H2,1-2H3,(H,21,23). The Morgan fingerprint density at radius 2 is 1.93 bits per heavy atom. The van der Waals surface area contributed by atoms with E-state index < -0.39 is 9.84 Å². The molecular formula is C20H24N2O4S. The molecule has 1 aliphatic rings. The van der Waals surface area contributed by atoms with Crippen molar-refractivity contribution < 1.29 is 17.9 Å². The normalized spacial score (nSPS) is 16.9. The monoisotopic (exact) mass is 388 g/mol. The average Bonchev–Trinajstić information content (AvgIpc) is 3.14. The van der Waals surface area contributed by atoms with Gasteiger partial charge >= 0.3 is 0 Å². The molecule has 0 spiro atoms. The fourth-order valence-electron chi connectivity index (χ4n) is 2.99. The number of anilines is 2. The first kappa shape index (κ1) is 19.4. The lowest BCUT2D eigenvalue weighted by Gasteiger charge is -2.14. The van der Waals surface area contributed by atoms with Gasteiger partial charge in [0.2, 0.25) is 0 Å². The molecule has 1 N–H and O–H groups in total. The minimum Gasteiger partial charge on any atom is -0.378 e. The fourth-order valence-corrected chi connectivity index (χ4v) is 4.49. The summed E-state index contributed by atoms with van der Waals surface area (Å²) in [6.07, 6.45) is 1.46. The quantitative estimate of drug-likeness (QED) is 0.823. The Balaban J connectivity index is 1.68. The van der Waals surface area contributed by atoms with Crippen LogP contribution in [0.25, 0.3) is 0 Å². The van der Waals surface area contributed by atoms with E-state index >= 15 is 0 Å². The van der Waals surface area contributed by atoms with Crippen LogP contribution in [0.4, 0.5) is 11.4 Å². The Kier molecular flexibility index (Phi) is 5.82.